The minimum absolute atomic E-state index is 0.0129. The summed E-state index contributed by atoms with van der Waals surface area (Å²) in [7, 11) is 0. The second kappa shape index (κ2) is 17.9. The standard InChI is InChI=1S/C57H42F2N8OS/c1-34-23-24-42(61-35(2)68)41(31-34)57(58,59)55-66-67-56(69-55)60-33-40-32-49-52(38-19-11-5-12-20-38)47-28-27-45(63-47)50(36-15-7-3-8-16-36)43-25-26-44(62-43)51(37-17-9-4-10-18-37)46-29-30-48(64-46)53(54(40)65-49)39-21-13-6-14-22-39/h3-32,63-64H,33H2,1-2H3,(H,60,67)(H,61,68). The number of aromatic nitrogens is 6. The van der Waals surface area contributed by atoms with E-state index in [1.54, 1.807) is 13.0 Å². The molecule has 0 spiro atoms. The molecule has 2 aliphatic rings. The molecular weight excluding hydrogens is 883 g/mol. The number of hydrogen-bond donors (Lipinski definition) is 4. The Morgan fingerprint density at radius 3 is 1.58 bits per heavy atom. The van der Waals surface area contributed by atoms with Gasteiger partial charge in [-0.1, -0.05) is 144 Å². The van der Waals surface area contributed by atoms with Gasteiger partial charge in [-0.25, -0.2) is 9.97 Å². The third kappa shape index (κ3) is 8.31. The number of alkyl halides is 2. The van der Waals surface area contributed by atoms with Gasteiger partial charge in [-0.05, 0) is 89.4 Å². The number of nitrogens with one attached hydrogen (secondary N) is 4. The third-order valence-electron chi connectivity index (χ3n) is 12.1. The van der Waals surface area contributed by atoms with Gasteiger partial charge < -0.3 is 20.6 Å². The second-order valence-electron chi connectivity index (χ2n) is 16.8. The largest absolute Gasteiger partial charge is 0.356 e. The van der Waals surface area contributed by atoms with Gasteiger partial charge in [0.25, 0.3) is 0 Å². The molecule has 336 valence electrons. The maximum Gasteiger partial charge on any atom is 0.328 e. The van der Waals surface area contributed by atoms with E-state index in [0.717, 1.165) is 94.9 Å². The van der Waals surface area contributed by atoms with Crippen LogP contribution < -0.4 is 10.6 Å². The molecule has 4 N–H and O–H groups in total. The number of fused-ring (bicyclic) bond motifs is 8. The molecule has 0 saturated heterocycles. The lowest BCUT2D eigenvalue weighted by Gasteiger charge is -2.18. The molecule has 8 bridgehead atoms. The predicted molar refractivity (Wildman–Crippen MR) is 276 cm³/mol. The van der Waals surface area contributed by atoms with E-state index in [1.165, 1.54) is 19.1 Å². The molecule has 9 nitrogen and oxygen atoms in total. The van der Waals surface area contributed by atoms with Gasteiger partial charge in [0.15, 0.2) is 5.01 Å². The highest BCUT2D eigenvalue weighted by Gasteiger charge is 2.41. The number of aryl methyl sites for hydroxylation is 1. The number of benzene rings is 5. The number of amides is 1. The van der Waals surface area contributed by atoms with E-state index in [2.05, 4.69) is 122 Å². The predicted octanol–water partition coefficient (Wildman–Crippen LogP) is 14.1. The van der Waals surface area contributed by atoms with Crippen LogP contribution in [0.1, 0.15) is 45.8 Å². The van der Waals surface area contributed by atoms with Crippen molar-refractivity contribution in [2.24, 2.45) is 0 Å². The summed E-state index contributed by atoms with van der Waals surface area (Å²) in [5.41, 5.74) is 15.0. The molecule has 0 fully saturated rings. The number of carbonyl (C=O) groups is 1. The van der Waals surface area contributed by atoms with Gasteiger partial charge in [0.05, 0.1) is 34.0 Å². The van der Waals surface area contributed by atoms with Crippen LogP contribution in [0.2, 0.25) is 0 Å². The number of H-pyrrole nitrogens is 2. The van der Waals surface area contributed by atoms with Crippen molar-refractivity contribution in [3.05, 3.63) is 203 Å². The first-order valence-electron chi connectivity index (χ1n) is 22.4. The van der Waals surface area contributed by atoms with Crippen molar-refractivity contribution in [2.75, 3.05) is 17.2 Å². The monoisotopic (exact) mass is 924 g/mol. The van der Waals surface area contributed by atoms with Crippen LogP contribution in [0.25, 0.3) is 90.4 Å². The zero-order valence-electron chi connectivity index (χ0n) is 37.4. The molecule has 0 saturated carbocycles. The van der Waals surface area contributed by atoms with Crippen molar-refractivity contribution >= 4 is 73.9 Å². The summed E-state index contributed by atoms with van der Waals surface area (Å²) >= 11 is 0.760. The zero-order valence-corrected chi connectivity index (χ0v) is 38.2. The lowest BCUT2D eigenvalue weighted by atomic mass is 9.99. The minimum atomic E-state index is -3.55. The van der Waals surface area contributed by atoms with Crippen LogP contribution in [0, 0.1) is 6.92 Å². The van der Waals surface area contributed by atoms with Gasteiger partial charge in [0.2, 0.25) is 11.0 Å². The molecule has 9 aromatic rings. The van der Waals surface area contributed by atoms with Crippen LogP contribution in [-0.2, 0) is 10.7 Å². The summed E-state index contributed by atoms with van der Waals surface area (Å²) in [5, 5.41) is 13.8. The second-order valence-corrected chi connectivity index (χ2v) is 17.8. The van der Waals surface area contributed by atoms with Gasteiger partial charge in [0.1, 0.15) is 0 Å². The van der Waals surface area contributed by atoms with Crippen molar-refractivity contribution in [1.82, 2.24) is 30.1 Å². The molecule has 0 radical (unpaired) electrons. The molecule has 1 amide bonds. The summed E-state index contributed by atoms with van der Waals surface area (Å²) in [5.74, 6) is -4.01. The van der Waals surface area contributed by atoms with Gasteiger partial charge >= 0.3 is 5.92 Å². The van der Waals surface area contributed by atoms with E-state index in [4.69, 9.17) is 9.97 Å². The van der Waals surface area contributed by atoms with Crippen molar-refractivity contribution in [3.63, 3.8) is 0 Å². The summed E-state index contributed by atoms with van der Waals surface area (Å²) in [6, 6.07) is 53.7. The third-order valence-corrected chi connectivity index (χ3v) is 13.1. The van der Waals surface area contributed by atoms with Crippen LogP contribution >= 0.6 is 11.3 Å². The molecule has 0 atom stereocenters. The lowest BCUT2D eigenvalue weighted by Crippen LogP contribution is -2.19. The summed E-state index contributed by atoms with van der Waals surface area (Å²) in [6.45, 7) is 3.17. The Morgan fingerprint density at radius 1 is 0.594 bits per heavy atom. The Kier molecular flexibility index (Phi) is 11.1. The highest BCUT2D eigenvalue weighted by molar-refractivity contribution is 7.15. The smallest absolute Gasteiger partial charge is 0.328 e. The fourth-order valence-electron chi connectivity index (χ4n) is 9.04. The van der Waals surface area contributed by atoms with Gasteiger partial charge in [0, 0.05) is 57.8 Å². The molecule has 11 rings (SSSR count). The fourth-order valence-corrected chi connectivity index (χ4v) is 9.77. The lowest BCUT2D eigenvalue weighted by molar-refractivity contribution is -0.114. The van der Waals surface area contributed by atoms with E-state index in [-0.39, 0.29) is 22.9 Å². The summed E-state index contributed by atoms with van der Waals surface area (Å²) < 4.78 is 32.8. The number of nitrogens with zero attached hydrogens (tertiary/aromatic N) is 4. The molecule has 0 aliphatic carbocycles. The highest BCUT2D eigenvalue weighted by atomic mass is 32.1. The SMILES string of the molecule is CC(=O)Nc1ccc(C)cc1C(F)(F)c1nnc(NCC2=Cc3nc2c(-c2ccccc2)c2ccc([nH]2)c(-c2ccccc2)c2nc(c(-c4ccccc4)c4ccc([nH]4)c3-c3ccccc3)C=C2)s1. The Bertz CT molecular complexity index is 3660. The molecule has 0 unspecified atom stereocenters. The number of carbonyl (C=O) groups excluding carboxylic acids is 1. The van der Waals surface area contributed by atoms with Crippen LogP contribution in [0.3, 0.4) is 0 Å². The molecular formula is C57H42F2N8OS. The molecule has 6 heterocycles. The first kappa shape index (κ1) is 43.0. The highest BCUT2D eigenvalue weighted by Crippen LogP contribution is 2.44. The normalized spacial score (nSPS) is 12.2. The van der Waals surface area contributed by atoms with Gasteiger partial charge in [-0.15, -0.1) is 10.2 Å². The molecule has 4 aromatic heterocycles. The van der Waals surface area contributed by atoms with E-state index in [1.807, 2.05) is 72.8 Å². The van der Waals surface area contributed by atoms with Crippen molar-refractivity contribution in [3.8, 4) is 44.5 Å². The summed E-state index contributed by atoms with van der Waals surface area (Å²) in [4.78, 5) is 30.6. The summed E-state index contributed by atoms with van der Waals surface area (Å²) in [6.07, 6.45) is 6.23. The Labute approximate surface area is 400 Å². The van der Waals surface area contributed by atoms with E-state index in [0.29, 0.717) is 17.0 Å². The molecule has 2 aliphatic heterocycles. The van der Waals surface area contributed by atoms with Gasteiger partial charge in [-0.2, -0.15) is 8.78 Å². The number of anilines is 2. The van der Waals surface area contributed by atoms with Crippen LogP contribution in [0.5, 0.6) is 0 Å². The molecule has 12 heteroatoms. The average Bonchev–Trinajstić information content (AvgIpc) is 4.24. The number of hydrogen-bond acceptors (Lipinski definition) is 7. The Hall–Kier alpha value is -8.61. The Balaban J connectivity index is 1.16. The van der Waals surface area contributed by atoms with E-state index in [9.17, 15) is 4.79 Å². The average molecular weight is 925 g/mol. The Morgan fingerprint density at radius 2 is 1.07 bits per heavy atom. The maximum atomic E-state index is 16.4. The van der Waals surface area contributed by atoms with Crippen molar-refractivity contribution in [2.45, 2.75) is 19.8 Å². The first-order valence-corrected chi connectivity index (χ1v) is 23.2. The van der Waals surface area contributed by atoms with Crippen LogP contribution in [0.4, 0.5) is 19.6 Å². The number of halogens is 2. The number of rotatable bonds is 10. The minimum Gasteiger partial charge on any atom is -0.356 e. The van der Waals surface area contributed by atoms with Crippen molar-refractivity contribution in [1.29, 1.82) is 0 Å². The van der Waals surface area contributed by atoms with E-state index < -0.39 is 16.8 Å². The fraction of sp³-hybridized carbons (Fsp3) is 0.0702. The maximum absolute atomic E-state index is 16.4. The van der Waals surface area contributed by atoms with Crippen LogP contribution in [-0.4, -0.2) is 42.6 Å². The van der Waals surface area contributed by atoms with E-state index >= 15 is 8.78 Å². The molecule has 5 aromatic carbocycles. The van der Waals surface area contributed by atoms with Crippen molar-refractivity contribution < 1.29 is 13.6 Å². The zero-order chi connectivity index (χ0) is 47.1. The van der Waals surface area contributed by atoms with Crippen LogP contribution in [0.15, 0.2) is 164 Å². The quantitative estimate of drug-likeness (QED) is 0.108. The first-order chi connectivity index (χ1) is 33.7. The number of aromatic amines is 2. The topological polar surface area (TPSA) is 124 Å². The molecule has 69 heavy (non-hydrogen) atoms. The van der Waals surface area contributed by atoms with Gasteiger partial charge in [-0.3, -0.25) is 4.79 Å².